The Balaban J connectivity index is 1.72. The third-order valence-electron chi connectivity index (χ3n) is 4.46. The maximum absolute atomic E-state index is 13.1. The molecule has 1 fully saturated rings. The highest BCUT2D eigenvalue weighted by atomic mass is 19.1. The molecule has 0 spiro atoms. The molecule has 1 aliphatic rings. The van der Waals surface area contributed by atoms with Crippen molar-refractivity contribution in [1.82, 2.24) is 5.32 Å². The van der Waals surface area contributed by atoms with Crippen molar-refractivity contribution in [2.45, 2.75) is 31.7 Å². The van der Waals surface area contributed by atoms with Crippen LogP contribution in [0, 0.1) is 11.7 Å². The second kappa shape index (κ2) is 6.86. The maximum atomic E-state index is 13.1. The third kappa shape index (κ3) is 3.70. The van der Waals surface area contributed by atoms with Crippen LogP contribution in [0.2, 0.25) is 0 Å². The van der Waals surface area contributed by atoms with Gasteiger partial charge in [-0.1, -0.05) is 61.7 Å². The smallest absolute Gasteiger partial charge is 0.123 e. The predicted molar refractivity (Wildman–Crippen MR) is 84.6 cm³/mol. The molecule has 1 nitrogen and oxygen atoms in total. The average Bonchev–Trinajstić information content (AvgIpc) is 2.48. The summed E-state index contributed by atoms with van der Waals surface area (Å²) < 4.78 is 13.1. The minimum absolute atomic E-state index is 0.145. The topological polar surface area (TPSA) is 12.0 Å². The van der Waals surface area contributed by atoms with Gasteiger partial charge in [-0.25, -0.2) is 4.39 Å². The first kappa shape index (κ1) is 14.3. The predicted octanol–water partition coefficient (Wildman–Crippen LogP) is 4.69. The lowest BCUT2D eigenvalue weighted by Crippen LogP contribution is -2.26. The fourth-order valence-corrected chi connectivity index (χ4v) is 2.94. The van der Waals surface area contributed by atoms with Gasteiger partial charge < -0.3 is 5.32 Å². The van der Waals surface area contributed by atoms with Crippen LogP contribution in [0.5, 0.6) is 0 Å². The summed E-state index contributed by atoms with van der Waals surface area (Å²) >= 11 is 0. The Kier molecular flexibility index (Phi) is 4.66. The summed E-state index contributed by atoms with van der Waals surface area (Å²) in [5, 5.41) is 3.65. The molecule has 1 aliphatic carbocycles. The zero-order valence-electron chi connectivity index (χ0n) is 12.3. The second-order valence-electron chi connectivity index (χ2n) is 5.93. The molecule has 2 heteroatoms. The summed E-state index contributed by atoms with van der Waals surface area (Å²) in [5.74, 6) is 0.724. The van der Waals surface area contributed by atoms with Crippen LogP contribution in [0.15, 0.2) is 54.6 Å². The van der Waals surface area contributed by atoms with Crippen LogP contribution in [-0.2, 0) is 0 Å². The van der Waals surface area contributed by atoms with Crippen molar-refractivity contribution < 1.29 is 4.39 Å². The second-order valence-corrected chi connectivity index (χ2v) is 5.93. The lowest BCUT2D eigenvalue weighted by Gasteiger charge is -2.27. The molecule has 1 saturated carbocycles. The van der Waals surface area contributed by atoms with Gasteiger partial charge in [0.05, 0.1) is 6.04 Å². The van der Waals surface area contributed by atoms with Crippen molar-refractivity contribution >= 4 is 0 Å². The zero-order chi connectivity index (χ0) is 14.5. The highest BCUT2D eigenvalue weighted by Gasteiger charge is 2.18. The Morgan fingerprint density at radius 1 is 0.952 bits per heavy atom. The van der Waals surface area contributed by atoms with Crippen LogP contribution in [0.25, 0.3) is 0 Å². The molecular weight excluding hydrogens is 261 g/mol. The molecule has 1 unspecified atom stereocenters. The molecule has 2 aromatic rings. The van der Waals surface area contributed by atoms with Crippen molar-refractivity contribution in [2.24, 2.45) is 5.92 Å². The van der Waals surface area contributed by atoms with Crippen molar-refractivity contribution in [3.8, 4) is 0 Å². The van der Waals surface area contributed by atoms with Gasteiger partial charge in [0.2, 0.25) is 0 Å². The average molecular weight is 283 g/mol. The Labute approximate surface area is 126 Å². The van der Waals surface area contributed by atoms with Crippen molar-refractivity contribution in [3.63, 3.8) is 0 Å². The minimum atomic E-state index is -0.181. The van der Waals surface area contributed by atoms with E-state index in [4.69, 9.17) is 0 Å². The van der Waals surface area contributed by atoms with Crippen LogP contribution >= 0.6 is 0 Å². The molecule has 1 atom stereocenters. The van der Waals surface area contributed by atoms with Crippen molar-refractivity contribution in [3.05, 3.63) is 71.5 Å². The summed E-state index contributed by atoms with van der Waals surface area (Å²) in [4.78, 5) is 0. The first-order valence-electron chi connectivity index (χ1n) is 7.87. The van der Waals surface area contributed by atoms with Gasteiger partial charge in [0, 0.05) is 0 Å². The molecular formula is C19H22FN. The van der Waals surface area contributed by atoms with E-state index >= 15 is 0 Å². The van der Waals surface area contributed by atoms with Crippen LogP contribution in [0.1, 0.15) is 42.9 Å². The van der Waals surface area contributed by atoms with E-state index in [0.717, 1.165) is 18.0 Å². The first-order valence-corrected chi connectivity index (χ1v) is 7.87. The standard InChI is InChI=1S/C19H22FN/c20-18-11-9-17(10-12-18)19(16-7-2-1-3-8-16)21-14-13-15-5-4-6-15/h1-3,7-12,15,19,21H,4-6,13-14H2. The SMILES string of the molecule is Fc1ccc(C(NCCC2CCC2)c2ccccc2)cc1. The quantitative estimate of drug-likeness (QED) is 0.810. The Morgan fingerprint density at radius 3 is 2.24 bits per heavy atom. The summed E-state index contributed by atoms with van der Waals surface area (Å²) in [6.45, 7) is 1.02. The molecule has 110 valence electrons. The normalized spacial score (nSPS) is 16.4. The number of benzene rings is 2. The number of rotatable bonds is 6. The van der Waals surface area contributed by atoms with Gasteiger partial charge in [0.15, 0.2) is 0 Å². The van der Waals surface area contributed by atoms with Gasteiger partial charge >= 0.3 is 0 Å². The maximum Gasteiger partial charge on any atom is 0.123 e. The van der Waals surface area contributed by atoms with Crippen molar-refractivity contribution in [2.75, 3.05) is 6.54 Å². The van der Waals surface area contributed by atoms with E-state index in [-0.39, 0.29) is 11.9 Å². The number of nitrogens with one attached hydrogen (secondary N) is 1. The summed E-state index contributed by atoms with van der Waals surface area (Å²) in [6, 6.07) is 17.4. The molecule has 21 heavy (non-hydrogen) atoms. The van der Waals surface area contributed by atoms with Crippen LogP contribution < -0.4 is 5.32 Å². The van der Waals surface area contributed by atoms with Gasteiger partial charge in [-0.05, 0) is 42.1 Å². The summed E-state index contributed by atoms with van der Waals surface area (Å²) in [5.41, 5.74) is 2.36. The van der Waals surface area contributed by atoms with E-state index < -0.39 is 0 Å². The third-order valence-corrected chi connectivity index (χ3v) is 4.46. The molecule has 2 aromatic carbocycles. The van der Waals surface area contributed by atoms with Gasteiger partial charge in [-0.15, -0.1) is 0 Å². The Hall–Kier alpha value is -1.67. The van der Waals surface area contributed by atoms with Crippen LogP contribution in [-0.4, -0.2) is 6.54 Å². The van der Waals surface area contributed by atoms with E-state index in [1.54, 1.807) is 12.1 Å². The zero-order valence-corrected chi connectivity index (χ0v) is 12.3. The van der Waals surface area contributed by atoms with E-state index in [1.807, 2.05) is 18.2 Å². The fraction of sp³-hybridized carbons (Fsp3) is 0.368. The first-order chi connectivity index (χ1) is 10.3. The molecule has 0 aromatic heterocycles. The van der Waals surface area contributed by atoms with Gasteiger partial charge in [0.25, 0.3) is 0 Å². The lowest BCUT2D eigenvalue weighted by molar-refractivity contribution is 0.289. The fourth-order valence-electron chi connectivity index (χ4n) is 2.94. The highest BCUT2D eigenvalue weighted by Crippen LogP contribution is 2.29. The molecule has 0 bridgehead atoms. The molecule has 0 amide bonds. The lowest BCUT2D eigenvalue weighted by atomic mass is 9.83. The molecule has 0 saturated heterocycles. The van der Waals surface area contributed by atoms with Crippen LogP contribution in [0.4, 0.5) is 4.39 Å². The van der Waals surface area contributed by atoms with Gasteiger partial charge in [-0.3, -0.25) is 0 Å². The molecule has 3 rings (SSSR count). The summed E-state index contributed by atoms with van der Waals surface area (Å²) in [7, 11) is 0. The molecule has 0 radical (unpaired) electrons. The number of halogens is 1. The van der Waals surface area contributed by atoms with Crippen LogP contribution in [0.3, 0.4) is 0 Å². The largest absolute Gasteiger partial charge is 0.306 e. The van der Waals surface area contributed by atoms with Gasteiger partial charge in [-0.2, -0.15) is 0 Å². The van der Waals surface area contributed by atoms with Gasteiger partial charge in [0.1, 0.15) is 5.82 Å². The highest BCUT2D eigenvalue weighted by molar-refractivity contribution is 5.31. The minimum Gasteiger partial charge on any atom is -0.306 e. The summed E-state index contributed by atoms with van der Waals surface area (Å²) in [6.07, 6.45) is 5.40. The number of hydrogen-bond acceptors (Lipinski definition) is 1. The van der Waals surface area contributed by atoms with E-state index in [0.29, 0.717) is 0 Å². The van der Waals surface area contributed by atoms with E-state index in [1.165, 1.54) is 31.2 Å². The Bertz CT molecular complexity index is 546. The van der Waals surface area contributed by atoms with E-state index in [9.17, 15) is 4.39 Å². The number of hydrogen-bond donors (Lipinski definition) is 1. The Morgan fingerprint density at radius 2 is 1.62 bits per heavy atom. The molecule has 0 heterocycles. The molecule has 1 N–H and O–H groups in total. The monoisotopic (exact) mass is 283 g/mol. The van der Waals surface area contributed by atoms with Crippen molar-refractivity contribution in [1.29, 1.82) is 0 Å². The van der Waals surface area contributed by atoms with E-state index in [2.05, 4.69) is 29.6 Å². The molecule has 0 aliphatic heterocycles.